The third-order valence-corrected chi connectivity index (χ3v) is 4.37. The van der Waals surface area contributed by atoms with Crippen molar-refractivity contribution in [2.45, 2.75) is 6.04 Å². The number of carbonyl (C=O) groups is 2. The third-order valence-electron chi connectivity index (χ3n) is 4.37. The standard InChI is InChI=1S/C21H15N3O3/c25-18(15-10-5-2-6-11-15)16-17(14-8-3-1-4-9-14)24(20(27)19(16)26)21-22-12-7-13-23-21/h1-13,17,25H/b18-16-. The second kappa shape index (κ2) is 6.84. The van der Waals surface area contributed by atoms with E-state index in [0.717, 1.165) is 0 Å². The Morgan fingerprint density at radius 1 is 0.852 bits per heavy atom. The summed E-state index contributed by atoms with van der Waals surface area (Å²) < 4.78 is 0. The van der Waals surface area contributed by atoms with Gasteiger partial charge in [0.05, 0.1) is 11.6 Å². The van der Waals surface area contributed by atoms with E-state index < -0.39 is 17.7 Å². The Morgan fingerprint density at radius 3 is 2.07 bits per heavy atom. The van der Waals surface area contributed by atoms with Gasteiger partial charge in [0.1, 0.15) is 5.76 Å². The van der Waals surface area contributed by atoms with Gasteiger partial charge < -0.3 is 5.11 Å². The molecule has 1 aliphatic rings. The van der Waals surface area contributed by atoms with Crippen molar-refractivity contribution in [1.29, 1.82) is 0 Å². The number of aromatic nitrogens is 2. The summed E-state index contributed by atoms with van der Waals surface area (Å²) in [6.07, 6.45) is 3.00. The van der Waals surface area contributed by atoms with Crippen LogP contribution in [0.15, 0.2) is 84.7 Å². The molecule has 0 aliphatic carbocycles. The van der Waals surface area contributed by atoms with E-state index in [9.17, 15) is 14.7 Å². The minimum absolute atomic E-state index is 0.0184. The molecule has 6 nitrogen and oxygen atoms in total. The van der Waals surface area contributed by atoms with E-state index in [1.807, 2.05) is 24.3 Å². The first-order valence-electron chi connectivity index (χ1n) is 8.37. The first-order chi connectivity index (χ1) is 13.2. The second-order valence-electron chi connectivity index (χ2n) is 5.99. The van der Waals surface area contributed by atoms with Crippen LogP contribution in [0, 0.1) is 0 Å². The Kier molecular flexibility index (Phi) is 4.22. The quantitative estimate of drug-likeness (QED) is 0.442. The Labute approximate surface area is 155 Å². The number of nitrogens with zero attached hydrogens (tertiary/aromatic N) is 3. The monoisotopic (exact) mass is 357 g/mol. The largest absolute Gasteiger partial charge is 0.507 e. The molecule has 4 rings (SSSR count). The number of benzene rings is 2. The average Bonchev–Trinajstić information content (AvgIpc) is 3.00. The van der Waals surface area contributed by atoms with Gasteiger partial charge in [0.2, 0.25) is 5.95 Å². The highest BCUT2D eigenvalue weighted by Gasteiger charge is 2.48. The topological polar surface area (TPSA) is 83.4 Å². The molecule has 1 unspecified atom stereocenters. The van der Waals surface area contributed by atoms with Gasteiger partial charge in [-0.3, -0.25) is 14.5 Å². The summed E-state index contributed by atoms with van der Waals surface area (Å²) in [4.78, 5) is 35.1. The van der Waals surface area contributed by atoms with E-state index in [4.69, 9.17) is 0 Å². The molecule has 1 aliphatic heterocycles. The molecule has 1 N–H and O–H groups in total. The molecule has 1 saturated heterocycles. The zero-order valence-corrected chi connectivity index (χ0v) is 14.2. The summed E-state index contributed by atoms with van der Waals surface area (Å²) in [5.74, 6) is -1.65. The summed E-state index contributed by atoms with van der Waals surface area (Å²) in [6.45, 7) is 0. The molecule has 0 radical (unpaired) electrons. The maximum atomic E-state index is 12.8. The van der Waals surface area contributed by atoms with Gasteiger partial charge in [0, 0.05) is 18.0 Å². The Balaban J connectivity index is 1.95. The van der Waals surface area contributed by atoms with Crippen LogP contribution in [0.2, 0.25) is 0 Å². The van der Waals surface area contributed by atoms with Crippen molar-refractivity contribution in [1.82, 2.24) is 9.97 Å². The van der Waals surface area contributed by atoms with E-state index in [1.54, 1.807) is 42.5 Å². The molecule has 6 heteroatoms. The predicted molar refractivity (Wildman–Crippen MR) is 99.7 cm³/mol. The van der Waals surface area contributed by atoms with Gasteiger partial charge >= 0.3 is 5.91 Å². The van der Waals surface area contributed by atoms with Crippen LogP contribution in [0.25, 0.3) is 5.76 Å². The molecule has 1 aromatic heterocycles. The number of carbonyl (C=O) groups excluding carboxylic acids is 2. The zero-order chi connectivity index (χ0) is 18.8. The van der Waals surface area contributed by atoms with Gasteiger partial charge in [-0.15, -0.1) is 0 Å². The fourth-order valence-electron chi connectivity index (χ4n) is 3.16. The van der Waals surface area contributed by atoms with E-state index in [1.165, 1.54) is 17.3 Å². The van der Waals surface area contributed by atoms with Crippen molar-refractivity contribution >= 4 is 23.4 Å². The van der Waals surface area contributed by atoms with E-state index in [-0.39, 0.29) is 17.3 Å². The van der Waals surface area contributed by atoms with Gasteiger partial charge in [-0.2, -0.15) is 0 Å². The van der Waals surface area contributed by atoms with Crippen LogP contribution in [0.5, 0.6) is 0 Å². The van der Waals surface area contributed by atoms with Gasteiger partial charge in [-0.25, -0.2) is 9.97 Å². The molecule has 2 aromatic carbocycles. The molecule has 132 valence electrons. The fourth-order valence-corrected chi connectivity index (χ4v) is 3.16. The number of Topliss-reactive ketones (excluding diaryl/α,β-unsaturated/α-hetero) is 1. The van der Waals surface area contributed by atoms with Gasteiger partial charge in [0.25, 0.3) is 5.78 Å². The fraction of sp³-hybridized carbons (Fsp3) is 0.0476. The Bertz CT molecular complexity index is 1020. The highest BCUT2D eigenvalue weighted by Crippen LogP contribution is 2.40. The lowest BCUT2D eigenvalue weighted by molar-refractivity contribution is -0.132. The molecule has 0 saturated carbocycles. The molecule has 3 aromatic rings. The minimum atomic E-state index is -0.811. The van der Waals surface area contributed by atoms with E-state index >= 15 is 0 Å². The summed E-state index contributed by atoms with van der Waals surface area (Å²) in [5, 5.41) is 10.8. The molecule has 2 heterocycles. The van der Waals surface area contributed by atoms with E-state index in [0.29, 0.717) is 11.1 Å². The number of rotatable bonds is 3. The van der Waals surface area contributed by atoms with Gasteiger partial charge in [-0.1, -0.05) is 60.7 Å². The van der Waals surface area contributed by atoms with Crippen LogP contribution < -0.4 is 4.90 Å². The number of aliphatic hydroxyl groups excluding tert-OH is 1. The Hall–Kier alpha value is -3.80. The Morgan fingerprint density at radius 2 is 1.44 bits per heavy atom. The molecule has 0 bridgehead atoms. The van der Waals surface area contributed by atoms with Crippen molar-refractivity contribution in [3.63, 3.8) is 0 Å². The number of anilines is 1. The number of hydrogen-bond acceptors (Lipinski definition) is 5. The molecule has 1 atom stereocenters. The summed E-state index contributed by atoms with van der Waals surface area (Å²) >= 11 is 0. The smallest absolute Gasteiger partial charge is 0.302 e. The SMILES string of the molecule is O=C1C(=O)N(c2ncccn2)C(c2ccccc2)/C1=C(/O)c1ccccc1. The number of aliphatic hydroxyl groups is 1. The summed E-state index contributed by atoms with van der Waals surface area (Å²) in [7, 11) is 0. The zero-order valence-electron chi connectivity index (χ0n) is 14.2. The average molecular weight is 357 g/mol. The molecular formula is C21H15N3O3. The molecular weight excluding hydrogens is 342 g/mol. The van der Waals surface area contributed by atoms with Crippen molar-refractivity contribution in [2.75, 3.05) is 4.90 Å². The number of amides is 1. The van der Waals surface area contributed by atoms with Crippen LogP contribution in [0.3, 0.4) is 0 Å². The lowest BCUT2D eigenvalue weighted by Crippen LogP contribution is -2.31. The van der Waals surface area contributed by atoms with Gasteiger partial charge in [0.15, 0.2) is 0 Å². The first-order valence-corrected chi connectivity index (χ1v) is 8.37. The van der Waals surface area contributed by atoms with Crippen LogP contribution >= 0.6 is 0 Å². The lowest BCUT2D eigenvalue weighted by atomic mass is 9.95. The summed E-state index contributed by atoms with van der Waals surface area (Å²) in [5.41, 5.74) is 1.16. The van der Waals surface area contributed by atoms with Crippen molar-refractivity contribution in [2.24, 2.45) is 0 Å². The molecule has 0 spiro atoms. The van der Waals surface area contributed by atoms with Crippen LogP contribution in [-0.2, 0) is 9.59 Å². The van der Waals surface area contributed by atoms with Crippen molar-refractivity contribution in [3.05, 3.63) is 95.8 Å². The second-order valence-corrected chi connectivity index (χ2v) is 5.99. The molecule has 1 amide bonds. The predicted octanol–water partition coefficient (Wildman–Crippen LogP) is 3.10. The minimum Gasteiger partial charge on any atom is -0.507 e. The molecule has 27 heavy (non-hydrogen) atoms. The maximum Gasteiger partial charge on any atom is 0.302 e. The highest BCUT2D eigenvalue weighted by molar-refractivity contribution is 6.51. The number of ketones is 1. The lowest BCUT2D eigenvalue weighted by Gasteiger charge is -2.23. The van der Waals surface area contributed by atoms with Crippen molar-refractivity contribution < 1.29 is 14.7 Å². The number of hydrogen-bond donors (Lipinski definition) is 1. The van der Waals surface area contributed by atoms with E-state index in [2.05, 4.69) is 9.97 Å². The van der Waals surface area contributed by atoms with Crippen LogP contribution in [0.4, 0.5) is 5.95 Å². The van der Waals surface area contributed by atoms with Gasteiger partial charge in [-0.05, 0) is 11.6 Å². The van der Waals surface area contributed by atoms with Crippen molar-refractivity contribution in [3.8, 4) is 0 Å². The maximum absolute atomic E-state index is 12.8. The molecule has 1 fully saturated rings. The van der Waals surface area contributed by atoms with Crippen LogP contribution in [0.1, 0.15) is 17.2 Å². The highest BCUT2D eigenvalue weighted by atomic mass is 16.3. The van der Waals surface area contributed by atoms with Crippen LogP contribution in [-0.4, -0.2) is 26.8 Å². The normalized spacial score (nSPS) is 18.7. The summed E-state index contributed by atoms with van der Waals surface area (Å²) in [6, 6.07) is 18.5. The third kappa shape index (κ3) is 2.87. The first kappa shape index (κ1) is 16.7.